The molecule has 6 heteroatoms. The predicted molar refractivity (Wildman–Crippen MR) is 216 cm³/mol. The van der Waals surface area contributed by atoms with Crippen LogP contribution in [-0.2, 0) is 0 Å². The van der Waals surface area contributed by atoms with E-state index in [1.165, 1.54) is 0 Å². The van der Waals surface area contributed by atoms with Crippen LogP contribution in [0.4, 0.5) is 5.69 Å². The molecule has 0 N–H and O–H groups in total. The van der Waals surface area contributed by atoms with Crippen molar-refractivity contribution in [3.8, 4) is 57.3 Å². The largest absolute Gasteiger partial charge is 0.464 e. The Kier molecular flexibility index (Phi) is 7.32. The highest BCUT2D eigenvalue weighted by Crippen LogP contribution is 2.33. The third kappa shape index (κ3) is 5.81. The maximum Gasteiger partial charge on any atom is 0.358 e. The molecule has 10 aromatic rings. The van der Waals surface area contributed by atoms with Gasteiger partial charge in [-0.25, -0.2) is 0 Å². The molecule has 0 unspecified atom stereocenters. The molecule has 0 saturated heterocycles. The molecular weight excluding hydrogens is 665 g/mol. The highest BCUT2D eigenvalue weighted by Gasteiger charge is 2.12. The molecule has 0 radical (unpaired) electrons. The standard InChI is InChI=1S/C48H29N4O2/c49-27-32-3-5-34-6-4-33(21-40(34)20-32)28-50-44-16-18-52(30-44)46-14-12-36-11-13-45(24-42(36)25-46)51-17-15-39(29-51)43-26-48(54-31-43)38-10-8-35-7-9-37(22-41(35)23-38)47-2-1-19-53-47/h1-26,29-31H/q+1. The first-order valence-corrected chi connectivity index (χ1v) is 17.6. The number of aromatic nitrogens is 2. The van der Waals surface area contributed by atoms with Gasteiger partial charge in [-0.05, 0) is 122 Å². The van der Waals surface area contributed by atoms with E-state index in [-0.39, 0.29) is 0 Å². The van der Waals surface area contributed by atoms with Crippen LogP contribution in [0.5, 0.6) is 0 Å². The number of nitrogens with zero attached hydrogens (tertiary/aromatic N) is 4. The zero-order chi connectivity index (χ0) is 36.0. The Balaban J connectivity index is 0.882. The average Bonchev–Trinajstić information content (AvgIpc) is 4.07. The number of furan rings is 2. The highest BCUT2D eigenvalue weighted by molar-refractivity contribution is 5.91. The summed E-state index contributed by atoms with van der Waals surface area (Å²) < 4.78 is 15.9. The van der Waals surface area contributed by atoms with Crippen LogP contribution < -0.4 is 0 Å². The van der Waals surface area contributed by atoms with E-state index in [4.69, 9.17) is 8.83 Å². The van der Waals surface area contributed by atoms with Gasteiger partial charge in [0.15, 0.2) is 0 Å². The summed E-state index contributed by atoms with van der Waals surface area (Å²) in [7, 11) is 0. The second-order valence-corrected chi connectivity index (χ2v) is 13.4. The number of fused-ring (bicyclic) bond motifs is 3. The molecule has 0 fully saturated rings. The van der Waals surface area contributed by atoms with Crippen molar-refractivity contribution in [2.75, 3.05) is 0 Å². The molecule has 0 amide bonds. The summed E-state index contributed by atoms with van der Waals surface area (Å²) >= 11 is 0. The lowest BCUT2D eigenvalue weighted by Gasteiger charge is -2.08. The molecule has 0 spiro atoms. The zero-order valence-corrected chi connectivity index (χ0v) is 28.8. The summed E-state index contributed by atoms with van der Waals surface area (Å²) in [6, 6.07) is 52.9. The van der Waals surface area contributed by atoms with Crippen molar-refractivity contribution in [2.24, 2.45) is 0 Å². The fourth-order valence-corrected chi connectivity index (χ4v) is 7.03. The van der Waals surface area contributed by atoms with Crippen molar-refractivity contribution >= 4 is 38.0 Å². The van der Waals surface area contributed by atoms with E-state index < -0.39 is 0 Å². The summed E-state index contributed by atoms with van der Waals surface area (Å²) in [6.07, 6.45) is 11.8. The lowest BCUT2D eigenvalue weighted by molar-refractivity contribution is 0.582. The third-order valence-corrected chi connectivity index (χ3v) is 9.92. The van der Waals surface area contributed by atoms with Crippen molar-refractivity contribution in [3.05, 3.63) is 193 Å². The van der Waals surface area contributed by atoms with Crippen LogP contribution in [0.3, 0.4) is 0 Å². The van der Waals surface area contributed by atoms with Gasteiger partial charge in [-0.2, -0.15) is 5.26 Å². The van der Waals surface area contributed by atoms with Crippen LogP contribution in [0.2, 0.25) is 0 Å². The normalized spacial score (nSPS) is 11.2. The molecular formula is C48H29N4O2+. The SMILES string of the molecule is N#Cc1ccc2ccc(C#[N+]c3ccn(-c4ccc5ccc(-n6ccc(-c7coc(-c8ccc9ccc(-c%10ccco%10)cc9c8)c7)c6)cc5c4)c3)cc2c1. The Bertz CT molecular complexity index is 3140. The summed E-state index contributed by atoms with van der Waals surface area (Å²) in [4.78, 5) is 4.61. The van der Waals surface area contributed by atoms with E-state index >= 15 is 0 Å². The highest BCUT2D eigenvalue weighted by atomic mass is 16.3. The van der Waals surface area contributed by atoms with Gasteiger partial charge in [0.05, 0.1) is 24.2 Å². The van der Waals surface area contributed by atoms with Gasteiger partial charge in [0.1, 0.15) is 23.3 Å². The van der Waals surface area contributed by atoms with Crippen LogP contribution in [-0.4, -0.2) is 9.13 Å². The van der Waals surface area contributed by atoms with Crippen LogP contribution in [0.15, 0.2) is 186 Å². The number of rotatable bonds is 5. The molecule has 6 aromatic carbocycles. The van der Waals surface area contributed by atoms with Crippen LogP contribution in [0, 0.1) is 17.4 Å². The van der Waals surface area contributed by atoms with Crippen LogP contribution >= 0.6 is 0 Å². The maximum absolute atomic E-state index is 9.26. The topological polar surface area (TPSA) is 64.3 Å². The van der Waals surface area contributed by atoms with Gasteiger partial charge in [0, 0.05) is 58.3 Å². The number of hydrogen-bond acceptors (Lipinski definition) is 3. The molecule has 0 aliphatic heterocycles. The van der Waals surface area contributed by atoms with E-state index in [0.717, 1.165) is 88.7 Å². The summed E-state index contributed by atoms with van der Waals surface area (Å²) in [5.74, 6) is 1.67. The Morgan fingerprint density at radius 2 is 1.11 bits per heavy atom. The quantitative estimate of drug-likeness (QED) is 0.180. The lowest BCUT2D eigenvalue weighted by atomic mass is 10.0. The van der Waals surface area contributed by atoms with Crippen LogP contribution in [0.1, 0.15) is 11.1 Å². The first-order valence-electron chi connectivity index (χ1n) is 17.6. The monoisotopic (exact) mass is 693 g/mol. The lowest BCUT2D eigenvalue weighted by Crippen LogP contribution is -1.92. The van der Waals surface area contributed by atoms with E-state index in [0.29, 0.717) is 5.56 Å². The molecule has 0 aliphatic rings. The van der Waals surface area contributed by atoms with Gasteiger partial charge in [-0.1, -0.05) is 48.5 Å². The molecule has 10 rings (SSSR count). The molecule has 0 bridgehead atoms. The molecule has 54 heavy (non-hydrogen) atoms. The van der Waals surface area contributed by atoms with Crippen molar-refractivity contribution in [1.29, 1.82) is 5.26 Å². The first kappa shape index (κ1) is 31.0. The molecule has 0 saturated carbocycles. The molecule has 4 aromatic heterocycles. The van der Waals surface area contributed by atoms with Gasteiger partial charge in [0.25, 0.3) is 0 Å². The van der Waals surface area contributed by atoms with E-state index in [2.05, 4.69) is 123 Å². The second-order valence-electron chi connectivity index (χ2n) is 13.4. The smallest absolute Gasteiger partial charge is 0.358 e. The van der Waals surface area contributed by atoms with Crippen molar-refractivity contribution in [3.63, 3.8) is 0 Å². The minimum absolute atomic E-state index is 0.636. The zero-order valence-electron chi connectivity index (χ0n) is 28.8. The molecule has 6 nitrogen and oxygen atoms in total. The van der Waals surface area contributed by atoms with E-state index in [9.17, 15) is 5.26 Å². The fraction of sp³-hybridized carbons (Fsp3) is 0. The van der Waals surface area contributed by atoms with Crippen molar-refractivity contribution < 1.29 is 8.83 Å². The summed E-state index contributed by atoms with van der Waals surface area (Å²) in [5, 5.41) is 15.9. The fourth-order valence-electron chi connectivity index (χ4n) is 7.03. The first-order chi connectivity index (χ1) is 26.6. The van der Waals surface area contributed by atoms with E-state index in [1.54, 1.807) is 6.26 Å². The molecule has 0 aliphatic carbocycles. The van der Waals surface area contributed by atoms with Crippen molar-refractivity contribution in [2.45, 2.75) is 0 Å². The van der Waals surface area contributed by atoms with Gasteiger partial charge >= 0.3 is 11.8 Å². The van der Waals surface area contributed by atoms with Gasteiger partial charge in [-0.3, -0.25) is 0 Å². The summed E-state index contributed by atoms with van der Waals surface area (Å²) in [5.41, 5.74) is 8.58. The summed E-state index contributed by atoms with van der Waals surface area (Å²) in [6.45, 7) is 0. The van der Waals surface area contributed by atoms with Gasteiger partial charge in [-0.15, -0.1) is 0 Å². The number of nitriles is 1. The van der Waals surface area contributed by atoms with Gasteiger partial charge in [0.2, 0.25) is 0 Å². The molecule has 252 valence electrons. The number of benzene rings is 6. The minimum atomic E-state index is 0.636. The predicted octanol–water partition coefficient (Wildman–Crippen LogP) is 12.8. The maximum atomic E-state index is 9.26. The number of hydrogen-bond donors (Lipinski definition) is 0. The second kappa shape index (κ2) is 12.8. The Hall–Kier alpha value is -7.80. The third-order valence-electron chi connectivity index (χ3n) is 9.92. The molecule has 4 heterocycles. The average molecular weight is 694 g/mol. The Morgan fingerprint density at radius 3 is 1.85 bits per heavy atom. The molecule has 0 atom stereocenters. The van der Waals surface area contributed by atoms with Gasteiger partial charge < -0.3 is 18.0 Å². The van der Waals surface area contributed by atoms with Crippen LogP contribution in [0.25, 0.3) is 82.3 Å². The Labute approximate surface area is 310 Å². The van der Waals surface area contributed by atoms with Crippen molar-refractivity contribution in [1.82, 2.24) is 9.13 Å². The minimum Gasteiger partial charge on any atom is -0.464 e. The van der Waals surface area contributed by atoms with E-state index in [1.807, 2.05) is 73.3 Å². The Morgan fingerprint density at radius 1 is 0.481 bits per heavy atom.